The molecule has 0 aliphatic carbocycles. The molecule has 2 N–H and O–H groups in total. The molecule has 0 radical (unpaired) electrons. The molecule has 0 spiro atoms. The van der Waals surface area contributed by atoms with Gasteiger partial charge in [0.15, 0.2) is 11.5 Å². The summed E-state index contributed by atoms with van der Waals surface area (Å²) in [6.07, 6.45) is 1.13. The maximum Gasteiger partial charge on any atom is 0.251 e. The SMILES string of the molecule is Cc1ccc(CCC(=O)NCCNC(=O)c2ccc3c(c2)OCO3)cc1. The Bertz CT molecular complexity index is 787. The number of fused-ring (bicyclic) bond motifs is 1. The molecule has 1 aliphatic rings. The molecule has 2 amide bonds. The van der Waals surface area contributed by atoms with E-state index >= 15 is 0 Å². The van der Waals surface area contributed by atoms with E-state index < -0.39 is 0 Å². The monoisotopic (exact) mass is 354 g/mol. The second-order valence-electron chi connectivity index (χ2n) is 6.16. The van der Waals surface area contributed by atoms with Gasteiger partial charge < -0.3 is 20.1 Å². The highest BCUT2D eigenvalue weighted by atomic mass is 16.7. The van der Waals surface area contributed by atoms with E-state index in [1.807, 2.05) is 31.2 Å². The van der Waals surface area contributed by atoms with Gasteiger partial charge in [-0.2, -0.15) is 0 Å². The fraction of sp³-hybridized carbons (Fsp3) is 0.300. The van der Waals surface area contributed by atoms with Gasteiger partial charge in [0.2, 0.25) is 12.7 Å². The summed E-state index contributed by atoms with van der Waals surface area (Å²) >= 11 is 0. The Morgan fingerprint density at radius 3 is 2.50 bits per heavy atom. The summed E-state index contributed by atoms with van der Waals surface area (Å²) in [4.78, 5) is 24.0. The van der Waals surface area contributed by atoms with Gasteiger partial charge in [0.05, 0.1) is 0 Å². The van der Waals surface area contributed by atoms with Gasteiger partial charge >= 0.3 is 0 Å². The Hall–Kier alpha value is -3.02. The molecule has 3 rings (SSSR count). The lowest BCUT2D eigenvalue weighted by atomic mass is 10.1. The van der Waals surface area contributed by atoms with E-state index in [-0.39, 0.29) is 18.6 Å². The van der Waals surface area contributed by atoms with E-state index in [0.717, 1.165) is 5.56 Å². The van der Waals surface area contributed by atoms with Crippen molar-refractivity contribution in [2.45, 2.75) is 19.8 Å². The Labute approximate surface area is 152 Å². The van der Waals surface area contributed by atoms with E-state index in [9.17, 15) is 9.59 Å². The molecule has 1 aliphatic heterocycles. The van der Waals surface area contributed by atoms with Crippen LogP contribution in [0.5, 0.6) is 11.5 Å². The fourth-order valence-electron chi connectivity index (χ4n) is 2.62. The molecule has 2 aromatic carbocycles. The number of hydrogen-bond acceptors (Lipinski definition) is 4. The minimum absolute atomic E-state index is 0.0251. The minimum atomic E-state index is -0.211. The highest BCUT2D eigenvalue weighted by Gasteiger charge is 2.15. The third-order valence-electron chi connectivity index (χ3n) is 4.13. The second-order valence-corrected chi connectivity index (χ2v) is 6.16. The molecule has 26 heavy (non-hydrogen) atoms. The topological polar surface area (TPSA) is 76.7 Å². The smallest absolute Gasteiger partial charge is 0.251 e. The van der Waals surface area contributed by atoms with Crippen molar-refractivity contribution in [2.24, 2.45) is 0 Å². The zero-order valence-electron chi connectivity index (χ0n) is 14.7. The molecular formula is C20H22N2O4. The molecule has 0 aromatic heterocycles. The van der Waals surface area contributed by atoms with Crippen LogP contribution in [0.3, 0.4) is 0 Å². The maximum atomic E-state index is 12.1. The van der Waals surface area contributed by atoms with Crippen LogP contribution >= 0.6 is 0 Å². The van der Waals surface area contributed by atoms with Gasteiger partial charge in [0, 0.05) is 25.1 Å². The number of carbonyl (C=O) groups excluding carboxylic acids is 2. The van der Waals surface area contributed by atoms with Crippen molar-refractivity contribution in [2.75, 3.05) is 19.9 Å². The Morgan fingerprint density at radius 1 is 0.962 bits per heavy atom. The van der Waals surface area contributed by atoms with E-state index in [1.165, 1.54) is 5.56 Å². The lowest BCUT2D eigenvalue weighted by Gasteiger charge is -2.08. The second kappa shape index (κ2) is 8.38. The Morgan fingerprint density at radius 2 is 1.69 bits per heavy atom. The summed E-state index contributed by atoms with van der Waals surface area (Å²) in [5, 5.41) is 5.59. The van der Waals surface area contributed by atoms with Crippen molar-refractivity contribution in [1.29, 1.82) is 0 Å². The molecule has 6 nitrogen and oxygen atoms in total. The molecule has 1 heterocycles. The van der Waals surface area contributed by atoms with Crippen LogP contribution in [0.2, 0.25) is 0 Å². The van der Waals surface area contributed by atoms with Crippen LogP contribution < -0.4 is 20.1 Å². The van der Waals surface area contributed by atoms with Crippen molar-refractivity contribution in [3.8, 4) is 11.5 Å². The maximum absolute atomic E-state index is 12.1. The average molecular weight is 354 g/mol. The van der Waals surface area contributed by atoms with E-state index in [0.29, 0.717) is 43.0 Å². The first-order valence-electron chi connectivity index (χ1n) is 8.62. The zero-order valence-corrected chi connectivity index (χ0v) is 14.7. The summed E-state index contributed by atoms with van der Waals surface area (Å²) in [7, 11) is 0. The molecule has 136 valence electrons. The molecular weight excluding hydrogens is 332 g/mol. The quantitative estimate of drug-likeness (QED) is 0.748. The highest BCUT2D eigenvalue weighted by Crippen LogP contribution is 2.32. The molecule has 6 heteroatoms. The number of ether oxygens (including phenoxy) is 2. The van der Waals surface area contributed by atoms with E-state index in [1.54, 1.807) is 18.2 Å². The molecule has 0 atom stereocenters. The van der Waals surface area contributed by atoms with Gasteiger partial charge in [-0.25, -0.2) is 0 Å². The predicted molar refractivity (Wildman–Crippen MR) is 97.4 cm³/mol. The van der Waals surface area contributed by atoms with Crippen LogP contribution in [0.15, 0.2) is 42.5 Å². The summed E-state index contributed by atoms with van der Waals surface area (Å²) < 4.78 is 10.5. The van der Waals surface area contributed by atoms with Crippen molar-refractivity contribution >= 4 is 11.8 Å². The summed E-state index contributed by atoms with van der Waals surface area (Å²) in [5.74, 6) is 0.976. The number of carbonyl (C=O) groups is 2. The lowest BCUT2D eigenvalue weighted by Crippen LogP contribution is -2.34. The van der Waals surface area contributed by atoms with Crippen molar-refractivity contribution in [3.05, 3.63) is 59.2 Å². The standard InChI is InChI=1S/C20H22N2O4/c1-14-2-4-15(5-3-14)6-9-19(23)21-10-11-22-20(24)16-7-8-17-18(12-16)26-13-25-17/h2-5,7-8,12H,6,9-11,13H2,1H3,(H,21,23)(H,22,24). The van der Waals surface area contributed by atoms with Gasteiger partial charge in [0.1, 0.15) is 0 Å². The first-order valence-corrected chi connectivity index (χ1v) is 8.62. The molecule has 0 bridgehead atoms. The zero-order chi connectivity index (χ0) is 18.4. The summed E-state index contributed by atoms with van der Waals surface area (Å²) in [6, 6.07) is 13.2. The van der Waals surface area contributed by atoms with Crippen LogP contribution in [0.25, 0.3) is 0 Å². The third-order valence-corrected chi connectivity index (χ3v) is 4.13. The van der Waals surface area contributed by atoms with Gasteiger partial charge in [-0.05, 0) is 37.1 Å². The normalized spacial score (nSPS) is 11.9. The number of hydrogen-bond donors (Lipinski definition) is 2. The third kappa shape index (κ3) is 4.75. The molecule has 0 unspecified atom stereocenters. The predicted octanol–water partition coefficient (Wildman–Crippen LogP) is 2.20. The summed E-state index contributed by atoms with van der Waals surface area (Å²) in [5.41, 5.74) is 2.85. The number of nitrogens with one attached hydrogen (secondary N) is 2. The molecule has 2 aromatic rings. The van der Waals surface area contributed by atoms with Crippen LogP contribution in [0.1, 0.15) is 27.9 Å². The lowest BCUT2D eigenvalue weighted by molar-refractivity contribution is -0.121. The van der Waals surface area contributed by atoms with Crippen LogP contribution in [0, 0.1) is 6.92 Å². The number of rotatable bonds is 7. The van der Waals surface area contributed by atoms with E-state index in [2.05, 4.69) is 10.6 Å². The Kier molecular flexibility index (Phi) is 5.73. The molecule has 0 saturated carbocycles. The molecule has 0 saturated heterocycles. The number of amides is 2. The van der Waals surface area contributed by atoms with Crippen LogP contribution in [-0.2, 0) is 11.2 Å². The van der Waals surface area contributed by atoms with Crippen LogP contribution in [0.4, 0.5) is 0 Å². The van der Waals surface area contributed by atoms with Crippen molar-refractivity contribution < 1.29 is 19.1 Å². The first kappa shape index (κ1) is 17.8. The summed E-state index contributed by atoms with van der Waals surface area (Å²) in [6.45, 7) is 2.97. The highest BCUT2D eigenvalue weighted by molar-refractivity contribution is 5.95. The average Bonchev–Trinajstić information content (AvgIpc) is 3.12. The van der Waals surface area contributed by atoms with Gasteiger partial charge in [-0.15, -0.1) is 0 Å². The van der Waals surface area contributed by atoms with Crippen molar-refractivity contribution in [1.82, 2.24) is 10.6 Å². The van der Waals surface area contributed by atoms with Crippen molar-refractivity contribution in [3.63, 3.8) is 0 Å². The fourth-order valence-corrected chi connectivity index (χ4v) is 2.62. The van der Waals surface area contributed by atoms with Crippen LogP contribution in [-0.4, -0.2) is 31.7 Å². The molecule has 0 fully saturated rings. The van der Waals surface area contributed by atoms with E-state index in [4.69, 9.17) is 9.47 Å². The minimum Gasteiger partial charge on any atom is -0.454 e. The first-order chi connectivity index (χ1) is 12.6. The van der Waals surface area contributed by atoms with Gasteiger partial charge in [-0.3, -0.25) is 9.59 Å². The number of benzene rings is 2. The number of aryl methyl sites for hydroxylation is 2. The largest absolute Gasteiger partial charge is 0.454 e. The van der Waals surface area contributed by atoms with Gasteiger partial charge in [-0.1, -0.05) is 29.8 Å². The van der Waals surface area contributed by atoms with Gasteiger partial charge in [0.25, 0.3) is 5.91 Å². The Balaban J connectivity index is 1.35.